The summed E-state index contributed by atoms with van der Waals surface area (Å²) in [5.74, 6) is 0. The molecule has 0 aliphatic carbocycles. The fourth-order valence-corrected chi connectivity index (χ4v) is 0. The first kappa shape index (κ1) is 22.4. The van der Waals surface area contributed by atoms with Crippen LogP contribution in [0.3, 0.4) is 0 Å². The van der Waals surface area contributed by atoms with Gasteiger partial charge in [0.2, 0.25) is 0 Å². The van der Waals surface area contributed by atoms with Gasteiger partial charge in [-0.1, -0.05) is 0 Å². The van der Waals surface area contributed by atoms with E-state index in [4.69, 9.17) is 27.7 Å². The molecule has 0 spiro atoms. The second kappa shape index (κ2) is 53.3. The van der Waals surface area contributed by atoms with Crippen molar-refractivity contribution in [2.45, 2.75) is 6.92 Å². The molecule has 9 heavy (non-hydrogen) atoms. The number of nitriles is 1. The van der Waals surface area contributed by atoms with Gasteiger partial charge in [-0.25, -0.2) is 0 Å². The third-order valence-electron chi connectivity index (χ3n) is 0. The molecule has 0 fully saturated rings. The summed E-state index contributed by atoms with van der Waals surface area (Å²) < 4.78 is 8.26. The molecule has 0 aromatic rings. The average Bonchev–Trinajstić information content (AvgIpc) is 1.75. The van der Waals surface area contributed by atoms with Crippen molar-refractivity contribution in [3.8, 4) is 6.07 Å². The molecule has 0 saturated carbocycles. The Kier molecular flexibility index (Phi) is 133. The molecule has 0 aliphatic heterocycles. The maximum atomic E-state index is 8.26. The van der Waals surface area contributed by atoms with Gasteiger partial charge in [-0.15, -0.1) is 0 Å². The number of hydrogen-bond donors (Lipinski definition) is 0. The first-order valence-corrected chi connectivity index (χ1v) is 5.95. The molecule has 0 unspecified atom stereocenters. The summed E-state index contributed by atoms with van der Waals surface area (Å²) in [4.78, 5) is 0. The Morgan fingerprint density at radius 3 is 1.56 bits per heavy atom. The van der Waals surface area contributed by atoms with E-state index in [1.807, 2.05) is 0 Å². The van der Waals surface area contributed by atoms with E-state index in [0.29, 0.717) is 19.8 Å². The zero-order valence-corrected chi connectivity index (χ0v) is 10.3. The normalized spacial score (nSPS) is 3.78. The molecule has 0 atom stereocenters. The summed E-state index contributed by atoms with van der Waals surface area (Å²) in [6.45, 7) is 1.43. The van der Waals surface area contributed by atoms with Crippen LogP contribution >= 0.6 is 19.1 Å². The SMILES string of the molecule is CC#N.[Cl][Pd][Cl].[Co].[O]=[Mo]. The van der Waals surface area contributed by atoms with Crippen LogP contribution in [0.15, 0.2) is 0 Å². The zero-order chi connectivity index (χ0) is 7.41. The number of hydrogen-bond acceptors (Lipinski definition) is 2. The van der Waals surface area contributed by atoms with E-state index >= 15 is 0 Å². The van der Waals surface area contributed by atoms with E-state index in [0.717, 1.165) is 0 Å². The first-order chi connectivity index (χ1) is 3.83. The second-order valence-electron chi connectivity index (χ2n) is 0.269. The summed E-state index contributed by atoms with van der Waals surface area (Å²) in [5.41, 5.74) is 0. The predicted octanol–water partition coefficient (Wildman–Crippen LogP) is 1.78. The van der Waals surface area contributed by atoms with Gasteiger partial charge in [-0.2, -0.15) is 5.26 Å². The second-order valence-corrected chi connectivity index (χ2v) is 2.63. The van der Waals surface area contributed by atoms with Gasteiger partial charge in [-0.3, -0.25) is 0 Å². The van der Waals surface area contributed by atoms with Crippen LogP contribution in [-0.4, -0.2) is 0 Å². The first-order valence-electron chi connectivity index (χ1n) is 1.13. The summed E-state index contributed by atoms with van der Waals surface area (Å²) >= 11 is 0.594. The number of nitrogens with zero attached hydrogens (tertiary/aromatic N) is 1. The molecule has 0 saturated heterocycles. The predicted molar refractivity (Wildman–Crippen MR) is 23.7 cm³/mol. The number of rotatable bonds is 0. The Bertz CT molecular complexity index is 63.0. The Hall–Kier alpha value is 1.73. The Morgan fingerprint density at radius 1 is 1.56 bits per heavy atom. The van der Waals surface area contributed by atoms with Gasteiger partial charge in [0, 0.05) is 23.7 Å². The molecule has 7 heteroatoms. The van der Waals surface area contributed by atoms with Gasteiger partial charge >= 0.3 is 58.2 Å². The molecule has 0 heterocycles. The topological polar surface area (TPSA) is 40.9 Å². The van der Waals surface area contributed by atoms with Gasteiger partial charge in [0.25, 0.3) is 0 Å². The Labute approximate surface area is 92.2 Å². The zero-order valence-electron chi connectivity index (χ0n) is 4.17. The van der Waals surface area contributed by atoms with Crippen LogP contribution in [0.25, 0.3) is 0 Å². The van der Waals surface area contributed by atoms with Crippen molar-refractivity contribution in [1.82, 2.24) is 0 Å². The van der Waals surface area contributed by atoms with E-state index in [2.05, 4.69) is 0 Å². The monoisotopic (exact) mass is 390 g/mol. The van der Waals surface area contributed by atoms with Crippen LogP contribution < -0.4 is 0 Å². The number of halogens is 2. The van der Waals surface area contributed by atoms with E-state index in [1.54, 1.807) is 6.07 Å². The molecule has 0 aromatic heterocycles. The maximum absolute atomic E-state index is 8.26. The van der Waals surface area contributed by atoms with Crippen LogP contribution in [0.1, 0.15) is 6.92 Å². The van der Waals surface area contributed by atoms with Gasteiger partial charge in [0.1, 0.15) is 0 Å². The van der Waals surface area contributed by atoms with Crippen LogP contribution in [-0.2, 0) is 55.9 Å². The van der Waals surface area contributed by atoms with Crippen molar-refractivity contribution >= 4 is 19.1 Å². The standard InChI is InChI=1S/C2H3N.2ClH.Co.Mo.O.Pd/c1-2-3;;;;;;/h1H3;2*1H;;;;/q;;;;;;+2/p-2. The summed E-state index contributed by atoms with van der Waals surface area (Å²) in [5, 5.41) is 7.32. The third kappa shape index (κ3) is 195. The fraction of sp³-hybridized carbons (Fsp3) is 0.500. The van der Waals surface area contributed by atoms with E-state index in [-0.39, 0.29) is 32.7 Å². The molecule has 0 amide bonds. The molecule has 61 valence electrons. The van der Waals surface area contributed by atoms with Crippen LogP contribution in [0.4, 0.5) is 0 Å². The van der Waals surface area contributed by atoms with E-state index < -0.39 is 0 Å². The average molecular weight is 389 g/mol. The van der Waals surface area contributed by atoms with Gasteiger partial charge in [0.05, 0.1) is 6.07 Å². The third-order valence-corrected chi connectivity index (χ3v) is 0. The van der Waals surface area contributed by atoms with Gasteiger partial charge < -0.3 is 0 Å². The molecule has 2 nitrogen and oxygen atoms in total. The summed E-state index contributed by atoms with van der Waals surface area (Å²) in [7, 11) is 9.63. The molecule has 0 bridgehead atoms. The molecular formula is C2H3Cl2CoMoNOPd. The quantitative estimate of drug-likeness (QED) is 0.593. The fourth-order valence-electron chi connectivity index (χ4n) is 0. The van der Waals surface area contributed by atoms with Crippen molar-refractivity contribution < 1.29 is 55.9 Å². The molecule has 0 N–H and O–H groups in total. The van der Waals surface area contributed by atoms with Gasteiger partial charge in [0.15, 0.2) is 0 Å². The van der Waals surface area contributed by atoms with Crippen molar-refractivity contribution in [2.24, 2.45) is 0 Å². The minimum absolute atomic E-state index is 0. The van der Waals surface area contributed by atoms with Crippen molar-refractivity contribution in [3.05, 3.63) is 0 Å². The van der Waals surface area contributed by atoms with E-state index in [1.165, 1.54) is 6.92 Å². The minimum atomic E-state index is -0.106. The Balaban J connectivity index is -0.0000000202. The van der Waals surface area contributed by atoms with Crippen LogP contribution in [0.5, 0.6) is 0 Å². The van der Waals surface area contributed by atoms with Crippen LogP contribution in [0.2, 0.25) is 0 Å². The van der Waals surface area contributed by atoms with Crippen molar-refractivity contribution in [3.63, 3.8) is 0 Å². The van der Waals surface area contributed by atoms with Crippen molar-refractivity contribution in [1.29, 1.82) is 5.26 Å². The van der Waals surface area contributed by atoms with Crippen molar-refractivity contribution in [2.75, 3.05) is 0 Å². The molecular weight excluding hydrogens is 386 g/mol. The molecule has 1 radical (unpaired) electrons. The molecule has 0 rings (SSSR count). The van der Waals surface area contributed by atoms with E-state index in [9.17, 15) is 0 Å². The van der Waals surface area contributed by atoms with Crippen LogP contribution in [0, 0.1) is 11.3 Å². The Morgan fingerprint density at radius 2 is 1.56 bits per heavy atom. The summed E-state index contributed by atoms with van der Waals surface area (Å²) in [6, 6.07) is 1.75. The van der Waals surface area contributed by atoms with Gasteiger partial charge in [-0.05, 0) is 0 Å². The summed E-state index contributed by atoms with van der Waals surface area (Å²) in [6.07, 6.45) is 0. The molecule has 0 aromatic carbocycles. The molecule has 0 aliphatic rings.